The zero-order chi connectivity index (χ0) is 12.3. The maximum absolute atomic E-state index is 9.28. The Kier molecular flexibility index (Phi) is 3.24. The maximum Gasteiger partial charge on any atom is 0.0861 e. The van der Waals surface area contributed by atoms with Gasteiger partial charge in [0.15, 0.2) is 0 Å². The quantitative estimate of drug-likeness (QED) is 0.694. The van der Waals surface area contributed by atoms with Crippen molar-refractivity contribution in [3.05, 3.63) is 66.1 Å². The summed E-state index contributed by atoms with van der Waals surface area (Å²) in [5.74, 6) is 0. The van der Waals surface area contributed by atoms with Crippen LogP contribution in [0.2, 0.25) is 0 Å². The molecule has 0 aliphatic rings. The molecule has 0 aromatic heterocycles. The van der Waals surface area contributed by atoms with Gasteiger partial charge < -0.3 is 0 Å². The van der Waals surface area contributed by atoms with Gasteiger partial charge in [-0.2, -0.15) is 5.73 Å². The van der Waals surface area contributed by atoms with Crippen LogP contribution in [0.15, 0.2) is 47.5 Å². The standard InChI is InChI=1S/C15H11N2/c1-11-3-5-13(6-4-11)10-17-15-8-7-14(16)9-12(15)2/h3-10H,2H3. The minimum atomic E-state index is 0.250. The molecule has 17 heavy (non-hydrogen) atoms. The first-order valence-electron chi connectivity index (χ1n) is 5.30. The lowest BCUT2D eigenvalue weighted by Crippen LogP contribution is -1.82. The van der Waals surface area contributed by atoms with E-state index in [-0.39, 0.29) is 5.69 Å². The summed E-state index contributed by atoms with van der Waals surface area (Å²) < 4.78 is 0. The van der Waals surface area contributed by atoms with E-state index in [1.54, 1.807) is 36.5 Å². The summed E-state index contributed by atoms with van der Waals surface area (Å²) >= 11 is 0. The summed E-state index contributed by atoms with van der Waals surface area (Å²) in [5.41, 5.74) is 12.7. The number of aryl methyl sites for hydroxylation is 1. The van der Waals surface area contributed by atoms with Gasteiger partial charge in [-0.1, -0.05) is 24.3 Å². The van der Waals surface area contributed by atoms with E-state index in [0.717, 1.165) is 16.8 Å². The molecule has 0 unspecified atom stereocenters. The Morgan fingerprint density at radius 3 is 2.47 bits per heavy atom. The second-order valence-electron chi connectivity index (χ2n) is 3.85. The Bertz CT molecular complexity index is 539. The highest BCUT2D eigenvalue weighted by Crippen LogP contribution is 2.21. The van der Waals surface area contributed by atoms with Gasteiger partial charge in [-0.25, -0.2) is 0 Å². The number of rotatable bonds is 2. The fourth-order valence-corrected chi connectivity index (χ4v) is 1.50. The first kappa shape index (κ1) is 11.4. The van der Waals surface area contributed by atoms with E-state index in [9.17, 15) is 5.73 Å². The van der Waals surface area contributed by atoms with Crippen LogP contribution in [0.4, 0.5) is 11.4 Å². The maximum atomic E-state index is 9.28. The van der Waals surface area contributed by atoms with Crippen LogP contribution in [-0.2, 0) is 0 Å². The average Bonchev–Trinajstić information content (AvgIpc) is 2.30. The van der Waals surface area contributed by atoms with Crippen LogP contribution in [0.25, 0.3) is 0 Å². The molecule has 2 heteroatoms. The predicted molar refractivity (Wildman–Crippen MR) is 69.0 cm³/mol. The van der Waals surface area contributed by atoms with E-state index in [2.05, 4.69) is 4.99 Å². The first-order valence-corrected chi connectivity index (χ1v) is 5.30. The topological polar surface area (TPSA) is 34.7 Å². The molecule has 0 bridgehead atoms. The largest absolute Gasteiger partial charge is 0.256 e. The van der Waals surface area contributed by atoms with Gasteiger partial charge in [0.2, 0.25) is 0 Å². The normalized spacial score (nSPS) is 10.9. The summed E-state index contributed by atoms with van der Waals surface area (Å²) in [4.78, 5) is 4.35. The minimum Gasteiger partial charge on any atom is -0.256 e. The van der Waals surface area contributed by atoms with Gasteiger partial charge in [0.1, 0.15) is 0 Å². The molecule has 0 saturated carbocycles. The van der Waals surface area contributed by atoms with Crippen LogP contribution in [0, 0.1) is 13.8 Å². The molecule has 2 aromatic rings. The van der Waals surface area contributed by atoms with Gasteiger partial charge in [-0.15, -0.1) is 0 Å². The number of nitrogens with zero attached hydrogens (tertiary/aromatic N) is 2. The van der Waals surface area contributed by atoms with Gasteiger partial charge in [-0.3, -0.25) is 4.99 Å². The molecule has 0 atom stereocenters. The number of hydrogen-bond donors (Lipinski definition) is 0. The molecule has 2 nitrogen and oxygen atoms in total. The van der Waals surface area contributed by atoms with Crippen molar-refractivity contribution in [3.8, 4) is 0 Å². The van der Waals surface area contributed by atoms with Gasteiger partial charge >= 0.3 is 0 Å². The summed E-state index contributed by atoms with van der Waals surface area (Å²) in [6.07, 6.45) is 1.75. The Labute approximate surface area is 102 Å². The third-order valence-corrected chi connectivity index (χ3v) is 2.44. The summed E-state index contributed by atoms with van der Waals surface area (Å²) in [7, 11) is 0. The zero-order valence-electron chi connectivity index (χ0n) is 9.51. The van der Waals surface area contributed by atoms with Crippen molar-refractivity contribution in [2.45, 2.75) is 6.92 Å². The third-order valence-electron chi connectivity index (χ3n) is 2.44. The van der Waals surface area contributed by atoms with Crippen LogP contribution >= 0.6 is 0 Å². The molecular weight excluding hydrogens is 208 g/mol. The highest BCUT2D eigenvalue weighted by molar-refractivity contribution is 5.82. The number of hydrogen-bond acceptors (Lipinski definition) is 1. The van der Waals surface area contributed by atoms with Crippen molar-refractivity contribution in [2.75, 3.05) is 0 Å². The highest BCUT2D eigenvalue weighted by Gasteiger charge is 1.96. The predicted octanol–water partition coefficient (Wildman–Crippen LogP) is 3.38. The average molecular weight is 219 g/mol. The number of aliphatic imine (C=N–C) groups is 1. The summed E-state index contributed by atoms with van der Waals surface area (Å²) in [6.45, 7) is 9.28. The van der Waals surface area contributed by atoms with Crippen molar-refractivity contribution in [2.24, 2.45) is 4.99 Å². The molecule has 81 valence electrons. The van der Waals surface area contributed by atoms with E-state index in [1.165, 1.54) is 0 Å². The summed E-state index contributed by atoms with van der Waals surface area (Å²) in [6, 6.07) is 12.2. The highest BCUT2D eigenvalue weighted by atomic mass is 14.7. The van der Waals surface area contributed by atoms with Gasteiger partial charge in [-0.05, 0) is 41.8 Å². The van der Waals surface area contributed by atoms with Gasteiger partial charge in [0.05, 0.1) is 11.4 Å². The SMILES string of the molecule is [C]c1ccc(C=Nc2ccc([N])cc2C)cc1. The second kappa shape index (κ2) is 4.83. The lowest BCUT2D eigenvalue weighted by molar-refractivity contribution is 1.37. The van der Waals surface area contributed by atoms with Crippen LogP contribution in [-0.4, -0.2) is 6.21 Å². The van der Waals surface area contributed by atoms with Crippen molar-refractivity contribution < 1.29 is 0 Å². The van der Waals surface area contributed by atoms with E-state index in [1.807, 2.05) is 19.1 Å². The van der Waals surface area contributed by atoms with Gasteiger partial charge in [0.25, 0.3) is 0 Å². The Morgan fingerprint density at radius 1 is 1.12 bits per heavy atom. The smallest absolute Gasteiger partial charge is 0.0861 e. The molecule has 0 fully saturated rings. The molecule has 2 aromatic carbocycles. The fourth-order valence-electron chi connectivity index (χ4n) is 1.50. The number of benzene rings is 2. The van der Waals surface area contributed by atoms with Crippen LogP contribution in [0.1, 0.15) is 16.7 Å². The van der Waals surface area contributed by atoms with E-state index >= 15 is 0 Å². The molecule has 0 aliphatic carbocycles. The Morgan fingerprint density at radius 2 is 1.82 bits per heavy atom. The van der Waals surface area contributed by atoms with E-state index in [0.29, 0.717) is 5.56 Å². The minimum absolute atomic E-state index is 0.250. The van der Waals surface area contributed by atoms with Crippen molar-refractivity contribution in [1.82, 2.24) is 5.73 Å². The second-order valence-corrected chi connectivity index (χ2v) is 3.85. The zero-order valence-corrected chi connectivity index (χ0v) is 9.51. The van der Waals surface area contributed by atoms with Crippen LogP contribution in [0.3, 0.4) is 0 Å². The Balaban J connectivity index is 2.23. The van der Waals surface area contributed by atoms with Crippen molar-refractivity contribution in [3.63, 3.8) is 0 Å². The molecule has 0 amide bonds. The lowest BCUT2D eigenvalue weighted by Gasteiger charge is -2.00. The molecule has 0 spiro atoms. The first-order chi connectivity index (χ1) is 8.15. The van der Waals surface area contributed by atoms with Crippen LogP contribution < -0.4 is 5.73 Å². The fraction of sp³-hybridized carbons (Fsp3) is 0.0667. The summed E-state index contributed by atoms with van der Waals surface area (Å²) in [5, 5.41) is 0. The monoisotopic (exact) mass is 219 g/mol. The molecule has 0 heterocycles. The third kappa shape index (κ3) is 2.94. The Hall–Kier alpha value is -2.09. The molecular formula is C15H11N2. The van der Waals surface area contributed by atoms with Crippen molar-refractivity contribution >= 4 is 17.6 Å². The lowest BCUT2D eigenvalue weighted by atomic mass is 10.1. The molecule has 0 saturated heterocycles. The molecule has 5 radical (unpaired) electrons. The molecule has 2 rings (SSSR count). The van der Waals surface area contributed by atoms with E-state index < -0.39 is 0 Å². The van der Waals surface area contributed by atoms with E-state index in [4.69, 9.17) is 6.92 Å². The van der Waals surface area contributed by atoms with Crippen LogP contribution in [0.5, 0.6) is 0 Å². The van der Waals surface area contributed by atoms with Crippen molar-refractivity contribution in [1.29, 1.82) is 0 Å². The van der Waals surface area contributed by atoms with Gasteiger partial charge in [0, 0.05) is 13.1 Å². The molecule has 0 N–H and O–H groups in total. The molecule has 0 aliphatic heterocycles.